The zero-order valence-corrected chi connectivity index (χ0v) is 22.1. The van der Waals surface area contributed by atoms with Crippen LogP contribution in [0.4, 0.5) is 5.82 Å². The van der Waals surface area contributed by atoms with Crippen LogP contribution >= 0.6 is 0 Å². The van der Waals surface area contributed by atoms with Crippen LogP contribution in [0.3, 0.4) is 0 Å². The molecule has 198 valence electrons. The van der Waals surface area contributed by atoms with Gasteiger partial charge in [-0.3, -0.25) is 14.1 Å². The number of amides is 1. The molecule has 9 nitrogen and oxygen atoms in total. The van der Waals surface area contributed by atoms with E-state index in [1.165, 1.54) is 0 Å². The van der Waals surface area contributed by atoms with E-state index >= 15 is 0 Å². The smallest absolute Gasteiger partial charge is 0.209 e. The number of carbonyl (C=O) groups excluding carboxylic acids is 1. The lowest BCUT2D eigenvalue weighted by atomic mass is 9.78. The fourth-order valence-corrected chi connectivity index (χ4v) is 6.29. The third kappa shape index (κ3) is 3.96. The van der Waals surface area contributed by atoms with Crippen molar-refractivity contribution in [2.45, 2.75) is 38.3 Å². The highest BCUT2D eigenvalue weighted by molar-refractivity contribution is 5.91. The number of imidazole rings is 2. The van der Waals surface area contributed by atoms with Crippen LogP contribution in [0.5, 0.6) is 0 Å². The number of nitrogens with zero attached hydrogens (tertiary/aromatic N) is 7. The van der Waals surface area contributed by atoms with E-state index in [0.29, 0.717) is 17.8 Å². The maximum absolute atomic E-state index is 11.1. The fourth-order valence-electron chi connectivity index (χ4n) is 6.29. The molecular formula is C30H32N8O. The number of aryl methyl sites for hydroxylation is 1. The van der Waals surface area contributed by atoms with Gasteiger partial charge in [0.1, 0.15) is 28.7 Å². The number of fused-ring (bicyclic) bond motifs is 2. The quantitative estimate of drug-likeness (QED) is 0.340. The highest BCUT2D eigenvalue weighted by Gasteiger charge is 2.38. The van der Waals surface area contributed by atoms with E-state index in [0.717, 1.165) is 97.0 Å². The molecule has 1 saturated heterocycles. The monoisotopic (exact) mass is 520 g/mol. The first kappa shape index (κ1) is 23.8. The van der Waals surface area contributed by atoms with Gasteiger partial charge >= 0.3 is 0 Å². The Hall–Kier alpha value is -4.24. The van der Waals surface area contributed by atoms with Gasteiger partial charge in [-0.15, -0.1) is 0 Å². The average Bonchev–Trinajstić information content (AvgIpc) is 3.52. The van der Waals surface area contributed by atoms with Gasteiger partial charge in [-0.05, 0) is 31.9 Å². The highest BCUT2D eigenvalue weighted by atomic mass is 16.1. The Morgan fingerprint density at radius 1 is 1.00 bits per heavy atom. The van der Waals surface area contributed by atoms with Gasteiger partial charge < -0.3 is 15.2 Å². The molecule has 2 N–H and O–H groups in total. The zero-order valence-electron chi connectivity index (χ0n) is 22.1. The number of carbonyl (C=O) groups is 1. The van der Waals surface area contributed by atoms with E-state index in [1.54, 1.807) is 6.20 Å². The molecule has 1 saturated carbocycles. The second-order valence-electron chi connectivity index (χ2n) is 10.6. The van der Waals surface area contributed by atoms with E-state index in [-0.39, 0.29) is 0 Å². The Morgan fingerprint density at radius 2 is 1.79 bits per heavy atom. The summed E-state index contributed by atoms with van der Waals surface area (Å²) in [5.41, 5.74) is 12.3. The highest BCUT2D eigenvalue weighted by Crippen LogP contribution is 2.42. The maximum atomic E-state index is 11.1. The summed E-state index contributed by atoms with van der Waals surface area (Å²) in [6.45, 7) is 6.49. The molecule has 5 aromatic rings. The number of hydrogen-bond donors (Lipinski definition) is 1. The third-order valence-electron chi connectivity index (χ3n) is 8.47. The summed E-state index contributed by atoms with van der Waals surface area (Å²) in [5.74, 6) is 2.85. The van der Waals surface area contributed by atoms with Crippen LogP contribution in [-0.4, -0.2) is 72.4 Å². The van der Waals surface area contributed by atoms with Crippen molar-refractivity contribution in [3.63, 3.8) is 0 Å². The zero-order chi connectivity index (χ0) is 26.5. The van der Waals surface area contributed by atoms with Crippen molar-refractivity contribution in [1.82, 2.24) is 33.7 Å². The minimum atomic E-state index is 0.356. The first-order chi connectivity index (χ1) is 19.1. The number of rotatable bonds is 6. The Balaban J connectivity index is 1.23. The molecular weight excluding hydrogens is 488 g/mol. The summed E-state index contributed by atoms with van der Waals surface area (Å²) < 4.78 is 4.39. The minimum Gasteiger partial charge on any atom is -0.382 e. The molecule has 0 radical (unpaired) electrons. The van der Waals surface area contributed by atoms with Gasteiger partial charge in [-0.1, -0.05) is 36.4 Å². The fraction of sp³-hybridized carbons (Fsp3) is 0.333. The van der Waals surface area contributed by atoms with Crippen LogP contribution in [0.1, 0.15) is 31.5 Å². The van der Waals surface area contributed by atoms with Crippen molar-refractivity contribution >= 4 is 28.8 Å². The molecule has 2 aromatic carbocycles. The molecule has 9 heteroatoms. The molecule has 1 aliphatic carbocycles. The van der Waals surface area contributed by atoms with Gasteiger partial charge in [-0.2, -0.15) is 0 Å². The molecule has 0 atom stereocenters. The van der Waals surface area contributed by atoms with Crippen molar-refractivity contribution in [2.24, 2.45) is 0 Å². The molecule has 3 aromatic heterocycles. The Labute approximate surface area is 226 Å². The summed E-state index contributed by atoms with van der Waals surface area (Å²) >= 11 is 0. The standard InChI is InChI=1S/C30H32N8O/c1-2-37-25-9-8-21(18-24(25)33-29(37)20-6-4-3-5-7-20)26-27-28(31)32-10-11-38(27)30(34-26)22-16-23(17-22)36-14-12-35(19-39)13-15-36/h3-11,18-19,22-23H,2,12-17H2,1H3,(H2,31,32). The molecule has 1 amide bonds. The van der Waals surface area contributed by atoms with Gasteiger partial charge in [0.2, 0.25) is 6.41 Å². The van der Waals surface area contributed by atoms with E-state index in [2.05, 4.69) is 56.1 Å². The Morgan fingerprint density at radius 3 is 2.54 bits per heavy atom. The van der Waals surface area contributed by atoms with E-state index in [9.17, 15) is 4.79 Å². The predicted molar refractivity (Wildman–Crippen MR) is 152 cm³/mol. The lowest BCUT2D eigenvalue weighted by Gasteiger charge is -2.45. The summed E-state index contributed by atoms with van der Waals surface area (Å²) in [6.07, 6.45) is 6.81. The number of anilines is 1. The third-order valence-corrected chi connectivity index (χ3v) is 8.47. The van der Waals surface area contributed by atoms with Crippen LogP contribution in [-0.2, 0) is 11.3 Å². The van der Waals surface area contributed by atoms with Gasteiger partial charge in [-0.25, -0.2) is 15.0 Å². The summed E-state index contributed by atoms with van der Waals surface area (Å²) in [7, 11) is 0. The Kier molecular flexibility index (Phi) is 5.81. The van der Waals surface area contributed by atoms with Crippen molar-refractivity contribution in [3.05, 3.63) is 66.7 Å². The summed E-state index contributed by atoms with van der Waals surface area (Å²) in [4.78, 5) is 30.1. The summed E-state index contributed by atoms with van der Waals surface area (Å²) in [5, 5.41) is 0. The SMILES string of the molecule is CCn1c(-c2ccccc2)nc2cc(-c3nc(C4CC(N5CCN(C=O)CC5)C4)n4ccnc(N)c34)ccc21. The number of nitrogen functional groups attached to an aromatic ring is 1. The molecule has 1 aliphatic heterocycles. The van der Waals surface area contributed by atoms with Gasteiger partial charge in [0, 0.05) is 68.2 Å². The average molecular weight is 521 g/mol. The first-order valence-electron chi connectivity index (χ1n) is 13.8. The molecule has 4 heterocycles. The van der Waals surface area contributed by atoms with Gasteiger partial charge in [0.15, 0.2) is 0 Å². The topological polar surface area (TPSA) is 97.6 Å². The molecule has 2 aliphatic rings. The largest absolute Gasteiger partial charge is 0.382 e. The molecule has 2 fully saturated rings. The number of hydrogen-bond acceptors (Lipinski definition) is 6. The lowest BCUT2D eigenvalue weighted by Crippen LogP contribution is -2.53. The van der Waals surface area contributed by atoms with Crippen molar-refractivity contribution < 1.29 is 4.79 Å². The normalized spacial score (nSPS) is 20.0. The second-order valence-corrected chi connectivity index (χ2v) is 10.6. The minimum absolute atomic E-state index is 0.356. The van der Waals surface area contributed by atoms with Gasteiger partial charge in [0.05, 0.1) is 11.0 Å². The number of aromatic nitrogens is 5. The van der Waals surface area contributed by atoms with Crippen molar-refractivity contribution in [3.8, 4) is 22.6 Å². The maximum Gasteiger partial charge on any atom is 0.209 e. The molecule has 7 rings (SSSR count). The number of benzene rings is 2. The lowest BCUT2D eigenvalue weighted by molar-refractivity contribution is -0.120. The second kappa shape index (κ2) is 9.50. The van der Waals surface area contributed by atoms with Crippen LogP contribution in [0.2, 0.25) is 0 Å². The van der Waals surface area contributed by atoms with Crippen LogP contribution in [0.15, 0.2) is 60.9 Å². The van der Waals surface area contributed by atoms with E-state index in [1.807, 2.05) is 29.3 Å². The summed E-state index contributed by atoms with van der Waals surface area (Å²) in [6, 6.07) is 17.2. The number of piperazine rings is 1. The first-order valence-corrected chi connectivity index (χ1v) is 13.8. The number of nitrogens with two attached hydrogens (primary N) is 1. The van der Waals surface area contributed by atoms with Crippen LogP contribution in [0, 0.1) is 0 Å². The van der Waals surface area contributed by atoms with E-state index in [4.69, 9.17) is 15.7 Å². The molecule has 0 unspecified atom stereocenters. The van der Waals surface area contributed by atoms with Gasteiger partial charge in [0.25, 0.3) is 0 Å². The van der Waals surface area contributed by atoms with Crippen LogP contribution in [0.25, 0.3) is 39.2 Å². The molecule has 0 bridgehead atoms. The molecule has 0 spiro atoms. The van der Waals surface area contributed by atoms with Crippen molar-refractivity contribution in [2.75, 3.05) is 31.9 Å². The van der Waals surface area contributed by atoms with E-state index < -0.39 is 0 Å². The van der Waals surface area contributed by atoms with Crippen molar-refractivity contribution in [1.29, 1.82) is 0 Å². The predicted octanol–water partition coefficient (Wildman–Crippen LogP) is 4.04. The van der Waals surface area contributed by atoms with Crippen LogP contribution < -0.4 is 5.73 Å². The molecule has 39 heavy (non-hydrogen) atoms. The Bertz CT molecular complexity index is 1660.